The Kier molecular flexibility index (Phi) is 6.89. The van der Waals surface area contributed by atoms with Gasteiger partial charge in [-0.25, -0.2) is 0 Å². The van der Waals surface area contributed by atoms with Crippen LogP contribution in [0.15, 0.2) is 41.4 Å². The molecular formula is C22H24N2O5S. The van der Waals surface area contributed by atoms with Crippen LogP contribution >= 0.6 is 11.3 Å². The fourth-order valence-electron chi connectivity index (χ4n) is 3.09. The van der Waals surface area contributed by atoms with Gasteiger partial charge in [-0.2, -0.15) is 4.99 Å². The number of aryl methyl sites for hydroxylation is 1. The number of benzene rings is 2. The van der Waals surface area contributed by atoms with E-state index in [-0.39, 0.29) is 18.9 Å². The number of esters is 1. The Labute approximate surface area is 178 Å². The van der Waals surface area contributed by atoms with Gasteiger partial charge in [0.1, 0.15) is 28.3 Å². The van der Waals surface area contributed by atoms with Crippen LogP contribution in [0, 0.1) is 0 Å². The van der Waals surface area contributed by atoms with Crippen molar-refractivity contribution in [3.8, 4) is 11.5 Å². The third kappa shape index (κ3) is 4.54. The minimum atomic E-state index is -0.455. The highest BCUT2D eigenvalue weighted by molar-refractivity contribution is 7.16. The molecule has 1 aromatic heterocycles. The van der Waals surface area contributed by atoms with Crippen molar-refractivity contribution >= 4 is 33.4 Å². The number of rotatable bonds is 7. The predicted octanol–water partition coefficient (Wildman–Crippen LogP) is 3.13. The van der Waals surface area contributed by atoms with Crippen LogP contribution in [0.3, 0.4) is 0 Å². The van der Waals surface area contributed by atoms with Crippen molar-refractivity contribution in [2.75, 3.05) is 21.3 Å². The van der Waals surface area contributed by atoms with E-state index in [9.17, 15) is 9.59 Å². The molecule has 0 spiro atoms. The molecule has 30 heavy (non-hydrogen) atoms. The first-order valence-corrected chi connectivity index (χ1v) is 10.3. The van der Waals surface area contributed by atoms with Crippen LogP contribution in [0.1, 0.15) is 18.1 Å². The van der Waals surface area contributed by atoms with Crippen LogP contribution in [-0.2, 0) is 33.7 Å². The highest BCUT2D eigenvalue weighted by Gasteiger charge is 2.18. The second kappa shape index (κ2) is 9.58. The van der Waals surface area contributed by atoms with Crippen LogP contribution in [0.4, 0.5) is 0 Å². The van der Waals surface area contributed by atoms with Crippen LogP contribution in [0.5, 0.6) is 11.5 Å². The number of methoxy groups -OCH3 is 3. The lowest BCUT2D eigenvalue weighted by atomic mass is 10.1. The largest absolute Gasteiger partial charge is 0.495 e. The Bertz CT molecular complexity index is 1130. The number of hydrogen-bond acceptors (Lipinski definition) is 6. The Hall–Kier alpha value is -3.13. The van der Waals surface area contributed by atoms with Crippen molar-refractivity contribution in [2.45, 2.75) is 26.3 Å². The average Bonchev–Trinajstić information content (AvgIpc) is 3.11. The molecular weight excluding hydrogens is 404 g/mol. The van der Waals surface area contributed by atoms with E-state index in [1.54, 1.807) is 30.9 Å². The smallest absolute Gasteiger partial charge is 0.325 e. The molecule has 8 heteroatoms. The first-order chi connectivity index (χ1) is 14.5. The van der Waals surface area contributed by atoms with Gasteiger partial charge in [0.2, 0.25) is 0 Å². The molecule has 0 radical (unpaired) electrons. The van der Waals surface area contributed by atoms with Crippen molar-refractivity contribution in [1.82, 2.24) is 4.57 Å². The summed E-state index contributed by atoms with van der Waals surface area (Å²) in [6.45, 7) is 1.98. The van der Waals surface area contributed by atoms with Gasteiger partial charge in [0.15, 0.2) is 4.80 Å². The molecule has 0 aliphatic heterocycles. The van der Waals surface area contributed by atoms with Gasteiger partial charge in [-0.05, 0) is 29.7 Å². The first-order valence-electron chi connectivity index (χ1n) is 9.47. The van der Waals surface area contributed by atoms with Gasteiger partial charge < -0.3 is 18.8 Å². The van der Waals surface area contributed by atoms with Crippen molar-refractivity contribution < 1.29 is 23.8 Å². The Balaban J connectivity index is 2.09. The maximum atomic E-state index is 12.7. The van der Waals surface area contributed by atoms with E-state index >= 15 is 0 Å². The van der Waals surface area contributed by atoms with E-state index in [1.807, 2.05) is 24.3 Å². The zero-order chi connectivity index (χ0) is 21.7. The average molecular weight is 429 g/mol. The SMILES string of the molecule is CCc1ccc(CC(=O)N=c2sc3c(OC)ccc(OC)c3n2CC(=O)OC)cc1. The number of ether oxygens (including phenoxy) is 3. The van der Waals surface area contributed by atoms with Crippen molar-refractivity contribution in [3.05, 3.63) is 52.3 Å². The molecule has 7 nitrogen and oxygen atoms in total. The second-order valence-electron chi connectivity index (χ2n) is 6.55. The first kappa shape index (κ1) is 21.6. The number of fused-ring (bicyclic) bond motifs is 1. The lowest BCUT2D eigenvalue weighted by molar-refractivity contribution is -0.141. The molecule has 0 fully saturated rings. The summed E-state index contributed by atoms with van der Waals surface area (Å²) in [5, 5.41) is 0. The topological polar surface area (TPSA) is 79.1 Å². The standard InChI is InChI=1S/C22H24N2O5S/c1-5-14-6-8-15(9-7-14)12-18(25)23-22-24(13-19(26)29-4)20-16(27-2)10-11-17(28-3)21(20)30-22/h6-11H,5,12-13H2,1-4H3. The zero-order valence-electron chi connectivity index (χ0n) is 17.4. The summed E-state index contributed by atoms with van der Waals surface area (Å²) in [4.78, 5) is 29.4. The number of carbonyl (C=O) groups is 2. The molecule has 0 saturated carbocycles. The molecule has 3 rings (SSSR count). The van der Waals surface area contributed by atoms with Crippen molar-refractivity contribution in [1.29, 1.82) is 0 Å². The van der Waals surface area contributed by atoms with E-state index in [0.29, 0.717) is 21.8 Å². The van der Waals surface area contributed by atoms with Gasteiger partial charge >= 0.3 is 5.97 Å². The molecule has 0 aliphatic carbocycles. The van der Waals surface area contributed by atoms with E-state index in [0.717, 1.165) is 16.7 Å². The normalized spacial score (nSPS) is 11.5. The second-order valence-corrected chi connectivity index (χ2v) is 7.52. The quantitative estimate of drug-likeness (QED) is 0.540. The molecule has 1 heterocycles. The van der Waals surface area contributed by atoms with Gasteiger partial charge in [0.25, 0.3) is 5.91 Å². The number of carbonyl (C=O) groups excluding carboxylic acids is 2. The minimum Gasteiger partial charge on any atom is -0.495 e. The molecule has 1 amide bonds. The molecule has 0 N–H and O–H groups in total. The van der Waals surface area contributed by atoms with Crippen molar-refractivity contribution in [2.24, 2.45) is 4.99 Å². The Morgan fingerprint density at radius 1 is 0.967 bits per heavy atom. The lowest BCUT2D eigenvalue weighted by Crippen LogP contribution is -2.23. The molecule has 3 aromatic rings. The Morgan fingerprint density at radius 2 is 1.60 bits per heavy atom. The van der Waals surface area contributed by atoms with Gasteiger partial charge in [-0.3, -0.25) is 9.59 Å². The van der Waals surface area contributed by atoms with Gasteiger partial charge in [-0.1, -0.05) is 42.5 Å². The summed E-state index contributed by atoms with van der Waals surface area (Å²) in [6.07, 6.45) is 1.11. The van der Waals surface area contributed by atoms with Gasteiger partial charge in [-0.15, -0.1) is 0 Å². The summed E-state index contributed by atoms with van der Waals surface area (Å²) in [5.41, 5.74) is 2.73. The highest BCUT2D eigenvalue weighted by atomic mass is 32.1. The lowest BCUT2D eigenvalue weighted by Gasteiger charge is -2.09. The summed E-state index contributed by atoms with van der Waals surface area (Å²) in [7, 11) is 4.42. The number of hydrogen-bond donors (Lipinski definition) is 0. The van der Waals surface area contributed by atoms with Crippen molar-refractivity contribution in [3.63, 3.8) is 0 Å². The highest BCUT2D eigenvalue weighted by Crippen LogP contribution is 2.35. The van der Waals surface area contributed by atoms with E-state index in [4.69, 9.17) is 14.2 Å². The molecule has 2 aromatic carbocycles. The molecule has 0 aliphatic rings. The maximum absolute atomic E-state index is 12.7. The zero-order valence-corrected chi connectivity index (χ0v) is 18.2. The number of aromatic nitrogens is 1. The predicted molar refractivity (Wildman–Crippen MR) is 115 cm³/mol. The number of thiazole rings is 1. The summed E-state index contributed by atoms with van der Waals surface area (Å²) < 4.78 is 18.1. The summed E-state index contributed by atoms with van der Waals surface area (Å²) in [6, 6.07) is 11.4. The minimum absolute atomic E-state index is 0.0999. The van der Waals surface area contributed by atoms with Gasteiger partial charge in [0.05, 0.1) is 27.8 Å². The van der Waals surface area contributed by atoms with Gasteiger partial charge in [0, 0.05) is 0 Å². The van der Waals surface area contributed by atoms with E-state index < -0.39 is 5.97 Å². The van der Waals surface area contributed by atoms with E-state index in [2.05, 4.69) is 11.9 Å². The number of amides is 1. The Morgan fingerprint density at radius 3 is 2.20 bits per heavy atom. The van der Waals surface area contributed by atoms with Crippen LogP contribution in [0.25, 0.3) is 10.2 Å². The third-order valence-electron chi connectivity index (χ3n) is 4.71. The number of nitrogens with zero attached hydrogens (tertiary/aromatic N) is 2. The van der Waals surface area contributed by atoms with Crippen LogP contribution in [-0.4, -0.2) is 37.8 Å². The molecule has 0 atom stereocenters. The fourth-order valence-corrected chi connectivity index (χ4v) is 4.25. The maximum Gasteiger partial charge on any atom is 0.325 e. The summed E-state index contributed by atoms with van der Waals surface area (Å²) >= 11 is 1.26. The van der Waals surface area contributed by atoms with E-state index in [1.165, 1.54) is 24.0 Å². The molecule has 158 valence electrons. The molecule has 0 unspecified atom stereocenters. The summed E-state index contributed by atoms with van der Waals surface area (Å²) in [5.74, 6) is 0.402. The third-order valence-corrected chi connectivity index (χ3v) is 5.81. The molecule has 0 saturated heterocycles. The van der Waals surface area contributed by atoms with Crippen LogP contribution < -0.4 is 14.3 Å². The fraction of sp³-hybridized carbons (Fsp3) is 0.318. The molecule has 0 bridgehead atoms. The van der Waals surface area contributed by atoms with Crippen LogP contribution in [0.2, 0.25) is 0 Å². The monoisotopic (exact) mass is 428 g/mol.